The number of piperidine rings is 1. The third-order valence-electron chi connectivity index (χ3n) is 4.05. The summed E-state index contributed by atoms with van der Waals surface area (Å²) in [6, 6.07) is 6.49. The Morgan fingerprint density at radius 2 is 1.82 bits per heavy atom. The van der Waals surface area contributed by atoms with Gasteiger partial charge in [-0.3, -0.25) is 9.59 Å². The Morgan fingerprint density at radius 1 is 1.14 bits per heavy atom. The molecule has 0 radical (unpaired) electrons. The number of carbonyl (C=O) groups is 3. The van der Waals surface area contributed by atoms with Crippen LogP contribution >= 0.6 is 0 Å². The second-order valence-electron chi connectivity index (χ2n) is 5.73. The van der Waals surface area contributed by atoms with Crippen LogP contribution in [0.5, 0.6) is 0 Å². The third kappa shape index (κ3) is 3.93. The van der Waals surface area contributed by atoms with Crippen LogP contribution in [0.1, 0.15) is 48.0 Å². The summed E-state index contributed by atoms with van der Waals surface area (Å²) in [5.74, 6) is -1.29. The third-order valence-corrected chi connectivity index (χ3v) is 4.05. The van der Waals surface area contributed by atoms with E-state index in [1.165, 1.54) is 4.90 Å². The predicted molar refractivity (Wildman–Crippen MR) is 81.7 cm³/mol. The topological polar surface area (TPSA) is 74.7 Å². The highest BCUT2D eigenvalue weighted by molar-refractivity contribution is 5.98. The number of aryl methyl sites for hydroxylation is 1. The SMILES string of the molecule is Cc1ccc(C(=O)CCC(=O)N2CCCCC2C(=O)O)cc1. The Balaban J connectivity index is 1.92. The van der Waals surface area contributed by atoms with Gasteiger partial charge in [0.15, 0.2) is 5.78 Å². The molecular weight excluding hydrogens is 282 g/mol. The van der Waals surface area contributed by atoms with Gasteiger partial charge in [-0.05, 0) is 26.2 Å². The number of carboxylic acids is 1. The van der Waals surface area contributed by atoms with Gasteiger partial charge in [-0.2, -0.15) is 0 Å². The minimum absolute atomic E-state index is 0.0660. The van der Waals surface area contributed by atoms with Crippen molar-refractivity contribution in [2.75, 3.05) is 6.54 Å². The van der Waals surface area contributed by atoms with E-state index in [0.717, 1.165) is 18.4 Å². The molecule has 5 nitrogen and oxygen atoms in total. The lowest BCUT2D eigenvalue weighted by atomic mass is 10.0. The number of ketones is 1. The number of benzene rings is 1. The summed E-state index contributed by atoms with van der Waals surface area (Å²) in [7, 11) is 0. The molecule has 2 rings (SSSR count). The van der Waals surface area contributed by atoms with Gasteiger partial charge in [0.25, 0.3) is 0 Å². The van der Waals surface area contributed by atoms with Gasteiger partial charge in [-0.25, -0.2) is 4.79 Å². The normalized spacial score (nSPS) is 18.0. The number of carboxylic acid groups (broad SMARTS) is 1. The lowest BCUT2D eigenvalue weighted by Gasteiger charge is -2.33. The standard InChI is InChI=1S/C17H21NO4/c1-12-5-7-13(8-6-12)15(19)9-10-16(20)18-11-3-2-4-14(18)17(21)22/h5-8,14H,2-4,9-11H2,1H3,(H,21,22). The van der Waals surface area contributed by atoms with E-state index < -0.39 is 12.0 Å². The monoisotopic (exact) mass is 303 g/mol. The second kappa shape index (κ2) is 7.20. The van der Waals surface area contributed by atoms with Crippen LogP contribution in [0.3, 0.4) is 0 Å². The molecule has 1 N–H and O–H groups in total. The fraction of sp³-hybridized carbons (Fsp3) is 0.471. The molecule has 1 aliphatic rings. The molecule has 1 atom stereocenters. The molecule has 1 aliphatic heterocycles. The van der Waals surface area contributed by atoms with Gasteiger partial charge < -0.3 is 10.0 Å². The highest BCUT2D eigenvalue weighted by Gasteiger charge is 2.31. The minimum Gasteiger partial charge on any atom is -0.480 e. The first-order valence-corrected chi connectivity index (χ1v) is 7.61. The number of rotatable bonds is 5. The van der Waals surface area contributed by atoms with Crippen molar-refractivity contribution in [1.29, 1.82) is 0 Å². The van der Waals surface area contributed by atoms with Crippen molar-refractivity contribution < 1.29 is 19.5 Å². The summed E-state index contributed by atoms with van der Waals surface area (Å²) in [5.41, 5.74) is 1.66. The van der Waals surface area contributed by atoms with Gasteiger partial charge >= 0.3 is 5.97 Å². The number of aliphatic carboxylic acids is 1. The Labute approximate surface area is 129 Å². The van der Waals surface area contributed by atoms with Crippen molar-refractivity contribution >= 4 is 17.7 Å². The minimum atomic E-state index is -0.960. The lowest BCUT2D eigenvalue weighted by molar-refractivity contribution is -0.152. The largest absolute Gasteiger partial charge is 0.480 e. The summed E-state index contributed by atoms with van der Waals surface area (Å²) in [5, 5.41) is 9.18. The van der Waals surface area contributed by atoms with Gasteiger partial charge in [-0.15, -0.1) is 0 Å². The molecule has 118 valence electrons. The zero-order chi connectivity index (χ0) is 16.1. The number of amides is 1. The first-order valence-electron chi connectivity index (χ1n) is 7.61. The lowest BCUT2D eigenvalue weighted by Crippen LogP contribution is -2.48. The zero-order valence-corrected chi connectivity index (χ0v) is 12.7. The molecule has 22 heavy (non-hydrogen) atoms. The molecule has 1 saturated heterocycles. The summed E-state index contributed by atoms with van der Waals surface area (Å²) in [6.45, 7) is 2.41. The van der Waals surface area contributed by atoms with Crippen LogP contribution in [0, 0.1) is 6.92 Å². The summed E-state index contributed by atoms with van der Waals surface area (Å²) in [4.78, 5) is 36.9. The average Bonchev–Trinajstić information content (AvgIpc) is 2.53. The molecule has 0 spiro atoms. The molecule has 1 aromatic carbocycles. The molecule has 1 amide bonds. The predicted octanol–water partition coefficient (Wildman–Crippen LogP) is 2.42. The number of hydrogen-bond donors (Lipinski definition) is 1. The molecule has 0 saturated carbocycles. The highest BCUT2D eigenvalue weighted by atomic mass is 16.4. The maximum absolute atomic E-state index is 12.2. The van der Waals surface area contributed by atoms with Crippen LogP contribution < -0.4 is 0 Å². The molecule has 1 heterocycles. The molecular formula is C17H21NO4. The number of hydrogen-bond acceptors (Lipinski definition) is 3. The summed E-state index contributed by atoms with van der Waals surface area (Å²) in [6.07, 6.45) is 2.32. The maximum atomic E-state index is 12.2. The number of likely N-dealkylation sites (tertiary alicyclic amines) is 1. The van der Waals surface area contributed by atoms with Crippen molar-refractivity contribution in [1.82, 2.24) is 4.90 Å². The maximum Gasteiger partial charge on any atom is 0.326 e. The average molecular weight is 303 g/mol. The smallest absolute Gasteiger partial charge is 0.326 e. The van der Waals surface area contributed by atoms with Crippen molar-refractivity contribution in [2.24, 2.45) is 0 Å². The van der Waals surface area contributed by atoms with E-state index in [4.69, 9.17) is 0 Å². The molecule has 0 aromatic heterocycles. The molecule has 5 heteroatoms. The van der Waals surface area contributed by atoms with E-state index in [-0.39, 0.29) is 24.5 Å². The number of Topliss-reactive ketones (excluding diaryl/α,β-unsaturated/α-hetero) is 1. The quantitative estimate of drug-likeness (QED) is 0.848. The Morgan fingerprint density at radius 3 is 2.45 bits per heavy atom. The van der Waals surface area contributed by atoms with Crippen LogP contribution in [0.15, 0.2) is 24.3 Å². The summed E-state index contributed by atoms with van der Waals surface area (Å²) >= 11 is 0. The van der Waals surface area contributed by atoms with Gasteiger partial charge in [0.2, 0.25) is 5.91 Å². The molecule has 1 unspecified atom stereocenters. The van der Waals surface area contributed by atoms with Crippen LogP contribution in [0.2, 0.25) is 0 Å². The van der Waals surface area contributed by atoms with Crippen LogP contribution in [-0.4, -0.2) is 40.3 Å². The van der Waals surface area contributed by atoms with Gasteiger partial charge in [-0.1, -0.05) is 29.8 Å². The van der Waals surface area contributed by atoms with E-state index in [1.807, 2.05) is 19.1 Å². The fourth-order valence-electron chi connectivity index (χ4n) is 2.73. The summed E-state index contributed by atoms with van der Waals surface area (Å²) < 4.78 is 0. The van der Waals surface area contributed by atoms with Crippen molar-refractivity contribution in [3.8, 4) is 0 Å². The van der Waals surface area contributed by atoms with Crippen molar-refractivity contribution in [3.05, 3.63) is 35.4 Å². The fourth-order valence-corrected chi connectivity index (χ4v) is 2.73. The van der Waals surface area contributed by atoms with E-state index in [9.17, 15) is 19.5 Å². The number of carbonyl (C=O) groups excluding carboxylic acids is 2. The van der Waals surface area contributed by atoms with Gasteiger partial charge in [0.05, 0.1) is 0 Å². The molecule has 0 bridgehead atoms. The molecule has 1 aromatic rings. The second-order valence-corrected chi connectivity index (χ2v) is 5.73. The molecule has 1 fully saturated rings. The zero-order valence-electron chi connectivity index (χ0n) is 12.7. The van der Waals surface area contributed by atoms with Gasteiger partial charge in [0.1, 0.15) is 6.04 Å². The van der Waals surface area contributed by atoms with Crippen LogP contribution in [-0.2, 0) is 9.59 Å². The van der Waals surface area contributed by atoms with Crippen LogP contribution in [0.25, 0.3) is 0 Å². The molecule has 0 aliphatic carbocycles. The van der Waals surface area contributed by atoms with Crippen molar-refractivity contribution in [2.45, 2.75) is 45.1 Å². The van der Waals surface area contributed by atoms with Crippen LogP contribution in [0.4, 0.5) is 0 Å². The van der Waals surface area contributed by atoms with E-state index in [0.29, 0.717) is 18.5 Å². The first-order chi connectivity index (χ1) is 10.5. The Kier molecular flexibility index (Phi) is 5.31. The van der Waals surface area contributed by atoms with E-state index >= 15 is 0 Å². The van der Waals surface area contributed by atoms with E-state index in [1.54, 1.807) is 12.1 Å². The Hall–Kier alpha value is -2.17. The van der Waals surface area contributed by atoms with Gasteiger partial charge in [0, 0.05) is 24.9 Å². The van der Waals surface area contributed by atoms with E-state index in [2.05, 4.69) is 0 Å². The highest BCUT2D eigenvalue weighted by Crippen LogP contribution is 2.19. The number of nitrogens with zero attached hydrogens (tertiary/aromatic N) is 1. The van der Waals surface area contributed by atoms with Crippen molar-refractivity contribution in [3.63, 3.8) is 0 Å². The Bertz CT molecular complexity index is 565. The first kappa shape index (κ1) is 16.2.